The molecule has 4 rings (SSSR count). The minimum absolute atomic E-state index is 0.00578. The molecule has 1 heterocycles. The molecule has 1 aliphatic heterocycles. The average molecular weight is 399 g/mol. The summed E-state index contributed by atoms with van der Waals surface area (Å²) in [5.74, 6) is 0.00578. The maximum atomic E-state index is 13.3. The van der Waals surface area contributed by atoms with Crippen LogP contribution in [0.3, 0.4) is 0 Å². The Hall–Kier alpha value is -3.40. The number of carbonyl (C=O) groups is 1. The highest BCUT2D eigenvalue weighted by molar-refractivity contribution is 6.01. The summed E-state index contributed by atoms with van der Waals surface area (Å²) in [5, 5.41) is 4.30. The summed E-state index contributed by atoms with van der Waals surface area (Å²) in [6.07, 6.45) is 0.537. The SMILES string of the molecule is Cc1ccc(C(=O)N(Cc2ccccc2)CC2CC(c3ccc(C)cc3)=NO2)cc1. The molecule has 3 aromatic carbocycles. The smallest absolute Gasteiger partial charge is 0.254 e. The van der Waals surface area contributed by atoms with Crippen molar-refractivity contribution in [3.8, 4) is 0 Å². The highest BCUT2D eigenvalue weighted by atomic mass is 16.6. The van der Waals surface area contributed by atoms with Crippen LogP contribution in [0.15, 0.2) is 84.0 Å². The Bertz CT molecular complexity index is 1020. The summed E-state index contributed by atoms with van der Waals surface area (Å²) in [4.78, 5) is 20.8. The van der Waals surface area contributed by atoms with Crippen molar-refractivity contribution in [2.45, 2.75) is 32.9 Å². The highest BCUT2D eigenvalue weighted by Crippen LogP contribution is 2.20. The first-order valence-electron chi connectivity index (χ1n) is 10.3. The lowest BCUT2D eigenvalue weighted by molar-refractivity contribution is 0.0405. The van der Waals surface area contributed by atoms with E-state index in [0.29, 0.717) is 25.1 Å². The molecule has 3 aromatic rings. The fraction of sp³-hybridized carbons (Fsp3) is 0.231. The van der Waals surface area contributed by atoms with E-state index >= 15 is 0 Å². The van der Waals surface area contributed by atoms with Gasteiger partial charge >= 0.3 is 0 Å². The molecule has 0 aromatic heterocycles. The van der Waals surface area contributed by atoms with E-state index in [4.69, 9.17) is 4.84 Å². The molecular formula is C26H26N2O2. The van der Waals surface area contributed by atoms with Gasteiger partial charge in [-0.1, -0.05) is 83.0 Å². The first-order valence-corrected chi connectivity index (χ1v) is 10.3. The van der Waals surface area contributed by atoms with Crippen molar-refractivity contribution in [3.05, 3.63) is 107 Å². The molecule has 0 saturated heterocycles. The van der Waals surface area contributed by atoms with Crippen LogP contribution in [-0.4, -0.2) is 29.2 Å². The molecule has 1 atom stereocenters. The van der Waals surface area contributed by atoms with Crippen molar-refractivity contribution in [1.82, 2.24) is 4.90 Å². The number of oxime groups is 1. The Labute approximate surface area is 177 Å². The molecule has 1 aliphatic rings. The van der Waals surface area contributed by atoms with Crippen LogP contribution >= 0.6 is 0 Å². The zero-order valence-corrected chi connectivity index (χ0v) is 17.4. The lowest BCUT2D eigenvalue weighted by Crippen LogP contribution is -2.37. The normalized spacial score (nSPS) is 15.4. The molecule has 0 N–H and O–H groups in total. The van der Waals surface area contributed by atoms with Gasteiger partial charge in [0.05, 0.1) is 12.3 Å². The minimum Gasteiger partial charge on any atom is -0.390 e. The van der Waals surface area contributed by atoms with Crippen LogP contribution < -0.4 is 0 Å². The van der Waals surface area contributed by atoms with Gasteiger partial charge in [-0.05, 0) is 37.1 Å². The largest absolute Gasteiger partial charge is 0.390 e. The van der Waals surface area contributed by atoms with Crippen molar-refractivity contribution in [1.29, 1.82) is 0 Å². The van der Waals surface area contributed by atoms with Crippen molar-refractivity contribution in [3.63, 3.8) is 0 Å². The number of nitrogens with zero attached hydrogens (tertiary/aromatic N) is 2. The highest BCUT2D eigenvalue weighted by Gasteiger charge is 2.27. The molecule has 1 amide bonds. The Morgan fingerprint density at radius 1 is 0.933 bits per heavy atom. The molecule has 0 radical (unpaired) electrons. The van der Waals surface area contributed by atoms with Crippen LogP contribution in [-0.2, 0) is 11.4 Å². The number of hydrogen-bond donors (Lipinski definition) is 0. The Morgan fingerprint density at radius 2 is 1.57 bits per heavy atom. The van der Waals surface area contributed by atoms with Gasteiger partial charge in [0.2, 0.25) is 0 Å². The number of carbonyl (C=O) groups excluding carboxylic acids is 1. The predicted octanol–water partition coefficient (Wildman–Crippen LogP) is 5.14. The second kappa shape index (κ2) is 8.95. The summed E-state index contributed by atoms with van der Waals surface area (Å²) in [6, 6.07) is 26.1. The van der Waals surface area contributed by atoms with E-state index in [2.05, 4.69) is 36.3 Å². The van der Waals surface area contributed by atoms with E-state index < -0.39 is 0 Å². The van der Waals surface area contributed by atoms with Gasteiger partial charge < -0.3 is 9.74 Å². The number of benzene rings is 3. The first-order chi connectivity index (χ1) is 14.6. The van der Waals surface area contributed by atoms with Crippen molar-refractivity contribution < 1.29 is 9.63 Å². The molecule has 4 nitrogen and oxygen atoms in total. The number of rotatable bonds is 6. The zero-order valence-electron chi connectivity index (χ0n) is 17.4. The quantitative estimate of drug-likeness (QED) is 0.577. The van der Waals surface area contributed by atoms with Gasteiger partial charge in [0.1, 0.15) is 0 Å². The average Bonchev–Trinajstić information content (AvgIpc) is 3.23. The first kappa shape index (κ1) is 19.9. The van der Waals surface area contributed by atoms with Crippen LogP contribution in [0.2, 0.25) is 0 Å². The van der Waals surface area contributed by atoms with Crippen LogP contribution in [0.5, 0.6) is 0 Å². The second-order valence-corrected chi connectivity index (χ2v) is 7.87. The van der Waals surface area contributed by atoms with E-state index in [0.717, 1.165) is 22.4 Å². The third-order valence-corrected chi connectivity index (χ3v) is 5.34. The number of aryl methyl sites for hydroxylation is 2. The molecule has 0 fully saturated rings. The van der Waals surface area contributed by atoms with E-state index in [1.54, 1.807) is 0 Å². The maximum absolute atomic E-state index is 13.3. The zero-order chi connectivity index (χ0) is 20.9. The van der Waals surface area contributed by atoms with Gasteiger partial charge in [0, 0.05) is 18.5 Å². The molecule has 1 unspecified atom stereocenters. The molecule has 4 heteroatoms. The summed E-state index contributed by atoms with van der Waals surface area (Å²) in [5.41, 5.74) is 6.14. The molecule has 0 aliphatic carbocycles. The van der Waals surface area contributed by atoms with Crippen molar-refractivity contribution in [2.24, 2.45) is 5.16 Å². The predicted molar refractivity (Wildman–Crippen MR) is 120 cm³/mol. The van der Waals surface area contributed by atoms with Gasteiger partial charge in [0.15, 0.2) is 6.10 Å². The van der Waals surface area contributed by atoms with Crippen LogP contribution in [0.1, 0.15) is 39.0 Å². The molecule has 152 valence electrons. The Morgan fingerprint density at radius 3 is 2.23 bits per heavy atom. The summed E-state index contributed by atoms with van der Waals surface area (Å²) >= 11 is 0. The number of amides is 1. The summed E-state index contributed by atoms with van der Waals surface area (Å²) in [6.45, 7) is 5.11. The molecule has 0 spiro atoms. The maximum Gasteiger partial charge on any atom is 0.254 e. The van der Waals surface area contributed by atoms with Gasteiger partial charge in [-0.25, -0.2) is 0 Å². The molecule has 0 saturated carbocycles. The Balaban J connectivity index is 1.49. The standard InChI is InChI=1S/C26H26N2O2/c1-19-8-12-22(13-9-19)25-16-24(30-27-25)18-28(17-21-6-4-3-5-7-21)26(29)23-14-10-20(2)11-15-23/h3-15,24H,16-18H2,1-2H3. The molecule has 30 heavy (non-hydrogen) atoms. The van der Waals surface area contributed by atoms with Gasteiger partial charge in [-0.15, -0.1) is 0 Å². The van der Waals surface area contributed by atoms with Crippen molar-refractivity contribution in [2.75, 3.05) is 6.54 Å². The fourth-order valence-electron chi connectivity index (χ4n) is 3.59. The van der Waals surface area contributed by atoms with Gasteiger partial charge in [0.25, 0.3) is 5.91 Å². The van der Waals surface area contributed by atoms with Crippen LogP contribution in [0, 0.1) is 13.8 Å². The lowest BCUT2D eigenvalue weighted by atomic mass is 10.0. The van der Waals surface area contributed by atoms with E-state index in [9.17, 15) is 4.79 Å². The fourth-order valence-corrected chi connectivity index (χ4v) is 3.59. The van der Waals surface area contributed by atoms with Gasteiger partial charge in [-0.3, -0.25) is 4.79 Å². The number of hydrogen-bond acceptors (Lipinski definition) is 3. The monoisotopic (exact) mass is 398 g/mol. The van der Waals surface area contributed by atoms with Crippen LogP contribution in [0.25, 0.3) is 0 Å². The van der Waals surface area contributed by atoms with Crippen LogP contribution in [0.4, 0.5) is 0 Å². The molecular weight excluding hydrogens is 372 g/mol. The third-order valence-electron chi connectivity index (χ3n) is 5.34. The topological polar surface area (TPSA) is 41.9 Å². The van der Waals surface area contributed by atoms with E-state index in [-0.39, 0.29) is 12.0 Å². The summed E-state index contributed by atoms with van der Waals surface area (Å²) in [7, 11) is 0. The van der Waals surface area contributed by atoms with E-state index in [1.165, 1.54) is 5.56 Å². The second-order valence-electron chi connectivity index (χ2n) is 7.87. The van der Waals surface area contributed by atoms with Crippen molar-refractivity contribution >= 4 is 11.6 Å². The van der Waals surface area contributed by atoms with Gasteiger partial charge in [-0.2, -0.15) is 0 Å². The van der Waals surface area contributed by atoms with E-state index in [1.807, 2.05) is 66.4 Å². The minimum atomic E-state index is -0.153. The third kappa shape index (κ3) is 4.77. The Kier molecular flexibility index (Phi) is 5.94. The lowest BCUT2D eigenvalue weighted by Gasteiger charge is -2.25. The molecule has 0 bridgehead atoms. The summed E-state index contributed by atoms with van der Waals surface area (Å²) < 4.78 is 0.